The van der Waals surface area contributed by atoms with Crippen LogP contribution in [0.25, 0.3) is 5.69 Å². The molecule has 0 bridgehead atoms. The van der Waals surface area contributed by atoms with Gasteiger partial charge in [-0.15, -0.1) is 0 Å². The minimum Gasteiger partial charge on any atom is -0.336 e. The van der Waals surface area contributed by atoms with Gasteiger partial charge in [-0.05, 0) is 44.9 Å². The molecule has 1 aromatic heterocycles. The summed E-state index contributed by atoms with van der Waals surface area (Å²) in [7, 11) is 0. The van der Waals surface area contributed by atoms with E-state index in [1.807, 2.05) is 74.5 Å². The van der Waals surface area contributed by atoms with Crippen LogP contribution in [-0.4, -0.2) is 39.5 Å². The lowest BCUT2D eigenvalue weighted by molar-refractivity contribution is -0.126. The Morgan fingerprint density at radius 1 is 0.964 bits per heavy atom. The van der Waals surface area contributed by atoms with Crippen LogP contribution < -0.4 is 0 Å². The third-order valence-electron chi connectivity index (χ3n) is 4.90. The number of rotatable bonds is 7. The molecule has 0 unspecified atom stereocenters. The van der Waals surface area contributed by atoms with Crippen LogP contribution in [0.4, 0.5) is 0 Å². The lowest BCUT2D eigenvalue weighted by atomic mass is 10.1. The fourth-order valence-corrected chi connectivity index (χ4v) is 3.35. The minimum atomic E-state index is -0.493. The summed E-state index contributed by atoms with van der Waals surface area (Å²) in [4.78, 5) is 27.5. The molecule has 0 saturated carbocycles. The number of hydrogen-bond acceptors (Lipinski definition) is 3. The average Bonchev–Trinajstić information content (AvgIpc) is 3.03. The number of amides is 1. The zero-order valence-electron chi connectivity index (χ0n) is 16.6. The molecule has 144 valence electrons. The number of Topliss-reactive ketones (excluding diaryl/α,β-unsaturated/α-hetero) is 1. The van der Waals surface area contributed by atoms with E-state index in [4.69, 9.17) is 0 Å². The number of nitrogens with zero attached hydrogens (tertiary/aromatic N) is 3. The monoisotopic (exact) mass is 375 g/mol. The van der Waals surface area contributed by atoms with Crippen molar-refractivity contribution in [3.8, 4) is 5.69 Å². The predicted molar refractivity (Wildman–Crippen MR) is 110 cm³/mol. The van der Waals surface area contributed by atoms with E-state index in [2.05, 4.69) is 5.10 Å². The van der Waals surface area contributed by atoms with Crippen LogP contribution in [0.2, 0.25) is 0 Å². The zero-order valence-corrected chi connectivity index (χ0v) is 16.6. The predicted octanol–water partition coefficient (Wildman–Crippen LogP) is 3.76. The Bertz CT molecular complexity index is 962. The van der Waals surface area contributed by atoms with Crippen molar-refractivity contribution < 1.29 is 9.59 Å². The molecular weight excluding hydrogens is 350 g/mol. The Morgan fingerprint density at radius 2 is 1.57 bits per heavy atom. The van der Waals surface area contributed by atoms with Crippen LogP contribution in [0, 0.1) is 13.8 Å². The van der Waals surface area contributed by atoms with E-state index < -0.39 is 11.7 Å². The van der Waals surface area contributed by atoms with Crippen LogP contribution in [0.15, 0.2) is 60.7 Å². The van der Waals surface area contributed by atoms with Crippen molar-refractivity contribution >= 4 is 11.7 Å². The summed E-state index contributed by atoms with van der Waals surface area (Å²) in [6.07, 6.45) is 0.717. The van der Waals surface area contributed by atoms with Crippen LogP contribution in [0.3, 0.4) is 0 Å². The number of hydrogen-bond donors (Lipinski definition) is 0. The van der Waals surface area contributed by atoms with Gasteiger partial charge in [0.05, 0.1) is 22.6 Å². The molecule has 3 aromatic rings. The van der Waals surface area contributed by atoms with Gasteiger partial charge in [0.2, 0.25) is 0 Å². The summed E-state index contributed by atoms with van der Waals surface area (Å²) in [5.74, 6) is -0.968. The number of likely N-dealkylation sites (N-methyl/N-ethyl adjacent to an activating group) is 1. The molecule has 28 heavy (non-hydrogen) atoms. The standard InChI is InChI=1S/C23H25N3O2/c1-4-25(16-15-19-11-7-5-8-12-19)23(28)22(27)21-17(2)24-26(18(21)3)20-13-9-6-10-14-20/h5-14H,4,15-16H2,1-3H3. The fraction of sp³-hybridized carbons (Fsp3) is 0.261. The summed E-state index contributed by atoms with van der Waals surface area (Å²) in [6.45, 7) is 6.49. The van der Waals surface area contributed by atoms with E-state index in [9.17, 15) is 9.59 Å². The first kappa shape index (κ1) is 19.5. The van der Waals surface area contributed by atoms with Gasteiger partial charge in [0.15, 0.2) is 0 Å². The van der Waals surface area contributed by atoms with Gasteiger partial charge in [-0.1, -0.05) is 48.5 Å². The summed E-state index contributed by atoms with van der Waals surface area (Å²) in [6, 6.07) is 19.6. The largest absolute Gasteiger partial charge is 0.336 e. The first-order valence-corrected chi connectivity index (χ1v) is 9.52. The maximum Gasteiger partial charge on any atom is 0.295 e. The van der Waals surface area contributed by atoms with Crippen LogP contribution in [-0.2, 0) is 11.2 Å². The van der Waals surface area contributed by atoms with Crippen LogP contribution >= 0.6 is 0 Å². The van der Waals surface area contributed by atoms with Crippen molar-refractivity contribution in [3.05, 3.63) is 83.2 Å². The van der Waals surface area contributed by atoms with E-state index in [0.717, 1.165) is 17.7 Å². The van der Waals surface area contributed by atoms with Gasteiger partial charge in [0.25, 0.3) is 11.7 Å². The molecule has 0 spiro atoms. The van der Waals surface area contributed by atoms with Crippen molar-refractivity contribution in [1.82, 2.24) is 14.7 Å². The van der Waals surface area contributed by atoms with E-state index in [1.54, 1.807) is 16.5 Å². The highest BCUT2D eigenvalue weighted by Crippen LogP contribution is 2.19. The highest BCUT2D eigenvalue weighted by Gasteiger charge is 2.28. The summed E-state index contributed by atoms with van der Waals surface area (Å²) < 4.78 is 1.72. The van der Waals surface area contributed by atoms with Crippen molar-refractivity contribution in [3.63, 3.8) is 0 Å². The number of aryl methyl sites for hydroxylation is 1. The van der Waals surface area contributed by atoms with Crippen LogP contribution in [0.5, 0.6) is 0 Å². The zero-order chi connectivity index (χ0) is 20.1. The molecule has 0 aliphatic carbocycles. The smallest absolute Gasteiger partial charge is 0.295 e. The Hall–Kier alpha value is -3.21. The van der Waals surface area contributed by atoms with Gasteiger partial charge in [0.1, 0.15) is 0 Å². The second-order valence-corrected chi connectivity index (χ2v) is 6.74. The molecule has 0 fully saturated rings. The first-order chi connectivity index (χ1) is 13.5. The topological polar surface area (TPSA) is 55.2 Å². The summed E-state index contributed by atoms with van der Waals surface area (Å²) in [5, 5.41) is 4.49. The minimum absolute atomic E-state index is 0.395. The molecule has 0 saturated heterocycles. The molecule has 5 nitrogen and oxygen atoms in total. The Morgan fingerprint density at radius 3 is 2.18 bits per heavy atom. The number of ketones is 1. The van der Waals surface area contributed by atoms with E-state index in [0.29, 0.717) is 30.0 Å². The number of carbonyl (C=O) groups excluding carboxylic acids is 2. The second kappa shape index (κ2) is 8.65. The first-order valence-electron chi connectivity index (χ1n) is 9.52. The molecule has 1 amide bonds. The number of aromatic nitrogens is 2. The number of para-hydroxylation sites is 1. The molecule has 0 radical (unpaired) electrons. The van der Waals surface area contributed by atoms with Gasteiger partial charge < -0.3 is 4.90 Å². The molecule has 5 heteroatoms. The molecule has 2 aromatic carbocycles. The molecular formula is C23H25N3O2. The molecule has 0 N–H and O–H groups in total. The molecule has 0 atom stereocenters. The van der Waals surface area contributed by atoms with Crippen LogP contribution in [0.1, 0.15) is 34.2 Å². The van der Waals surface area contributed by atoms with Gasteiger partial charge in [-0.2, -0.15) is 5.10 Å². The number of carbonyl (C=O) groups is 2. The van der Waals surface area contributed by atoms with Gasteiger partial charge in [0, 0.05) is 13.1 Å². The SMILES string of the molecule is CCN(CCc1ccccc1)C(=O)C(=O)c1c(C)nn(-c2ccccc2)c1C. The highest BCUT2D eigenvalue weighted by atomic mass is 16.2. The van der Waals surface area contributed by atoms with Crippen molar-refractivity contribution in [2.45, 2.75) is 27.2 Å². The Balaban J connectivity index is 1.80. The summed E-state index contributed by atoms with van der Waals surface area (Å²) >= 11 is 0. The molecule has 0 aliphatic heterocycles. The van der Waals surface area contributed by atoms with E-state index >= 15 is 0 Å². The maximum absolute atomic E-state index is 13.0. The Kier molecular flexibility index (Phi) is 6.04. The fourth-order valence-electron chi connectivity index (χ4n) is 3.35. The normalized spacial score (nSPS) is 10.7. The van der Waals surface area contributed by atoms with Crippen molar-refractivity contribution in [2.75, 3.05) is 13.1 Å². The van der Waals surface area contributed by atoms with Crippen molar-refractivity contribution in [1.29, 1.82) is 0 Å². The highest BCUT2D eigenvalue weighted by molar-refractivity contribution is 6.43. The molecule has 0 aliphatic rings. The molecule has 3 rings (SSSR count). The second-order valence-electron chi connectivity index (χ2n) is 6.74. The third kappa shape index (κ3) is 4.03. The quantitative estimate of drug-likeness (QED) is 0.467. The third-order valence-corrected chi connectivity index (χ3v) is 4.90. The lowest BCUT2D eigenvalue weighted by Crippen LogP contribution is -2.38. The molecule has 1 heterocycles. The maximum atomic E-state index is 13.0. The Labute approximate surface area is 165 Å². The lowest BCUT2D eigenvalue weighted by Gasteiger charge is -2.20. The average molecular weight is 375 g/mol. The van der Waals surface area contributed by atoms with Crippen molar-refractivity contribution in [2.24, 2.45) is 0 Å². The van der Waals surface area contributed by atoms with E-state index in [1.165, 1.54) is 0 Å². The summed E-state index contributed by atoms with van der Waals surface area (Å²) in [5.41, 5.74) is 3.66. The van der Waals surface area contributed by atoms with E-state index in [-0.39, 0.29) is 0 Å². The number of benzene rings is 2. The van der Waals surface area contributed by atoms with Gasteiger partial charge >= 0.3 is 0 Å². The van der Waals surface area contributed by atoms with Gasteiger partial charge in [-0.25, -0.2) is 4.68 Å². The van der Waals surface area contributed by atoms with Gasteiger partial charge in [-0.3, -0.25) is 9.59 Å².